The van der Waals surface area contributed by atoms with Gasteiger partial charge in [-0.25, -0.2) is 0 Å². The van der Waals surface area contributed by atoms with Crippen molar-refractivity contribution in [2.24, 2.45) is 0 Å². The van der Waals surface area contributed by atoms with Crippen molar-refractivity contribution in [2.45, 2.75) is 0 Å². The van der Waals surface area contributed by atoms with E-state index in [1.165, 1.54) is 12.4 Å². The minimum Gasteiger partial charge on any atom is -0.453 e. The molecular weight excluding hydrogens is 261 g/mol. The number of hydrogen-bond acceptors (Lipinski definition) is 3. The summed E-state index contributed by atoms with van der Waals surface area (Å²) in [7, 11) is 0. The average molecular weight is 268 g/mol. The number of para-hydroxylation sites is 1. The molecule has 0 fully saturated rings. The average Bonchev–Trinajstić information content (AvgIpc) is 2.32. The largest absolute Gasteiger partial charge is 0.453 e. The summed E-state index contributed by atoms with van der Waals surface area (Å²) in [5.41, 5.74) is 0.373. The third kappa shape index (κ3) is 2.75. The highest BCUT2D eigenvalue weighted by Crippen LogP contribution is 2.32. The van der Waals surface area contributed by atoms with Crippen molar-refractivity contribution >= 4 is 29.5 Å². The Morgan fingerprint density at radius 1 is 1.24 bits per heavy atom. The molecule has 0 aliphatic rings. The molecule has 0 saturated heterocycles. The summed E-state index contributed by atoms with van der Waals surface area (Å²) in [5, 5.41) is 0.803. The zero-order valence-corrected chi connectivity index (χ0v) is 10.1. The van der Waals surface area contributed by atoms with Crippen LogP contribution in [-0.2, 0) is 0 Å². The minimum absolute atomic E-state index is 0.299. The lowest BCUT2D eigenvalue weighted by molar-refractivity contribution is 0.112. The molecule has 1 heterocycles. The van der Waals surface area contributed by atoms with Gasteiger partial charge >= 0.3 is 0 Å². The lowest BCUT2D eigenvalue weighted by Gasteiger charge is -2.09. The van der Waals surface area contributed by atoms with Gasteiger partial charge in [-0.3, -0.25) is 9.78 Å². The summed E-state index contributed by atoms with van der Waals surface area (Å²) in [6.45, 7) is 0. The number of aromatic nitrogens is 1. The van der Waals surface area contributed by atoms with Crippen LogP contribution in [0.4, 0.5) is 0 Å². The Labute approximate surface area is 108 Å². The van der Waals surface area contributed by atoms with Gasteiger partial charge in [0.15, 0.2) is 12.0 Å². The van der Waals surface area contributed by atoms with Crippen LogP contribution in [0.3, 0.4) is 0 Å². The van der Waals surface area contributed by atoms with Crippen molar-refractivity contribution in [2.75, 3.05) is 0 Å². The maximum absolute atomic E-state index is 10.9. The Hall–Kier alpha value is -1.58. The summed E-state index contributed by atoms with van der Waals surface area (Å²) >= 11 is 11.7. The standard InChI is InChI=1S/C12H7Cl2NO2/c13-9-4-10(6-15-5-9)17-12-8(7-16)2-1-3-11(12)14/h1-7H. The van der Waals surface area contributed by atoms with E-state index >= 15 is 0 Å². The molecule has 5 heteroatoms. The second kappa shape index (κ2) is 5.17. The van der Waals surface area contributed by atoms with E-state index in [-0.39, 0.29) is 0 Å². The van der Waals surface area contributed by atoms with E-state index < -0.39 is 0 Å². The highest BCUT2D eigenvalue weighted by molar-refractivity contribution is 6.32. The van der Waals surface area contributed by atoms with Crippen molar-refractivity contribution in [3.05, 3.63) is 52.3 Å². The summed E-state index contributed by atoms with van der Waals surface area (Å²) in [6.07, 6.45) is 3.66. The quantitative estimate of drug-likeness (QED) is 0.790. The number of benzene rings is 1. The molecule has 0 N–H and O–H groups in total. The molecule has 0 bridgehead atoms. The molecule has 0 amide bonds. The van der Waals surface area contributed by atoms with E-state index in [9.17, 15) is 4.79 Å². The first-order valence-electron chi connectivity index (χ1n) is 4.73. The van der Waals surface area contributed by atoms with Crippen LogP contribution in [0.25, 0.3) is 0 Å². The lowest BCUT2D eigenvalue weighted by Crippen LogP contribution is -1.91. The first-order valence-corrected chi connectivity index (χ1v) is 5.48. The summed E-state index contributed by atoms with van der Waals surface area (Å²) in [5.74, 6) is 0.724. The van der Waals surface area contributed by atoms with Crippen molar-refractivity contribution < 1.29 is 9.53 Å². The number of carbonyl (C=O) groups is 1. The lowest BCUT2D eigenvalue weighted by atomic mass is 10.2. The van der Waals surface area contributed by atoms with Crippen LogP contribution in [0.15, 0.2) is 36.7 Å². The Balaban J connectivity index is 2.39. The fourth-order valence-corrected chi connectivity index (χ4v) is 1.68. The van der Waals surface area contributed by atoms with E-state index in [0.29, 0.717) is 33.4 Å². The van der Waals surface area contributed by atoms with Gasteiger partial charge in [-0.15, -0.1) is 0 Å². The Morgan fingerprint density at radius 3 is 2.76 bits per heavy atom. The molecule has 0 aliphatic heterocycles. The van der Waals surface area contributed by atoms with Gasteiger partial charge in [0.05, 0.1) is 21.8 Å². The fourth-order valence-electron chi connectivity index (χ4n) is 1.29. The van der Waals surface area contributed by atoms with Gasteiger partial charge in [0.1, 0.15) is 5.75 Å². The number of ether oxygens (including phenoxy) is 1. The van der Waals surface area contributed by atoms with Crippen molar-refractivity contribution in [3.8, 4) is 11.5 Å². The van der Waals surface area contributed by atoms with Gasteiger partial charge in [0, 0.05) is 12.3 Å². The molecule has 1 aromatic carbocycles. The molecule has 17 heavy (non-hydrogen) atoms. The van der Waals surface area contributed by atoms with E-state index in [1.54, 1.807) is 24.3 Å². The molecule has 3 nitrogen and oxygen atoms in total. The number of pyridine rings is 1. The Kier molecular flexibility index (Phi) is 3.61. The zero-order chi connectivity index (χ0) is 12.3. The van der Waals surface area contributed by atoms with Crippen LogP contribution in [-0.4, -0.2) is 11.3 Å². The van der Waals surface area contributed by atoms with Gasteiger partial charge in [0.2, 0.25) is 0 Å². The number of nitrogens with zero attached hydrogens (tertiary/aromatic N) is 1. The van der Waals surface area contributed by atoms with Gasteiger partial charge in [-0.05, 0) is 12.1 Å². The number of hydrogen-bond donors (Lipinski definition) is 0. The van der Waals surface area contributed by atoms with Gasteiger partial charge < -0.3 is 4.74 Å². The molecular formula is C12H7Cl2NO2. The first kappa shape index (κ1) is 11.9. The summed E-state index contributed by atoms with van der Waals surface area (Å²) in [6, 6.07) is 6.52. The second-order valence-electron chi connectivity index (χ2n) is 3.22. The highest BCUT2D eigenvalue weighted by atomic mass is 35.5. The maximum Gasteiger partial charge on any atom is 0.156 e. The van der Waals surface area contributed by atoms with E-state index in [0.717, 1.165) is 0 Å². The monoisotopic (exact) mass is 267 g/mol. The first-order chi connectivity index (χ1) is 8.20. The van der Waals surface area contributed by atoms with Crippen LogP contribution in [0, 0.1) is 0 Å². The molecule has 0 aliphatic carbocycles. The van der Waals surface area contributed by atoms with Crippen molar-refractivity contribution in [1.29, 1.82) is 0 Å². The zero-order valence-electron chi connectivity index (χ0n) is 8.56. The van der Waals surface area contributed by atoms with Crippen molar-refractivity contribution in [3.63, 3.8) is 0 Å². The van der Waals surface area contributed by atoms with Gasteiger partial charge in [-0.1, -0.05) is 29.3 Å². The molecule has 0 spiro atoms. The highest BCUT2D eigenvalue weighted by Gasteiger charge is 2.09. The molecule has 2 rings (SSSR count). The van der Waals surface area contributed by atoms with Gasteiger partial charge in [0.25, 0.3) is 0 Å². The number of halogens is 2. The molecule has 0 atom stereocenters. The topological polar surface area (TPSA) is 39.2 Å². The molecule has 1 aromatic heterocycles. The molecule has 0 radical (unpaired) electrons. The van der Waals surface area contributed by atoms with Crippen LogP contribution in [0.5, 0.6) is 11.5 Å². The predicted octanol–water partition coefficient (Wildman–Crippen LogP) is 3.99. The van der Waals surface area contributed by atoms with Crippen LogP contribution >= 0.6 is 23.2 Å². The normalized spacial score (nSPS) is 10.0. The van der Waals surface area contributed by atoms with Crippen molar-refractivity contribution in [1.82, 2.24) is 4.98 Å². The minimum atomic E-state index is 0.299. The van der Waals surface area contributed by atoms with Crippen LogP contribution in [0.2, 0.25) is 10.0 Å². The molecule has 0 unspecified atom stereocenters. The number of rotatable bonds is 3. The fraction of sp³-hybridized carbons (Fsp3) is 0. The van der Waals surface area contributed by atoms with Crippen LogP contribution in [0.1, 0.15) is 10.4 Å². The summed E-state index contributed by atoms with van der Waals surface area (Å²) < 4.78 is 5.50. The smallest absolute Gasteiger partial charge is 0.156 e. The van der Waals surface area contributed by atoms with E-state index in [4.69, 9.17) is 27.9 Å². The van der Waals surface area contributed by atoms with E-state index in [1.807, 2.05) is 0 Å². The maximum atomic E-state index is 10.9. The molecule has 2 aromatic rings. The van der Waals surface area contributed by atoms with E-state index in [2.05, 4.69) is 4.98 Å². The number of aldehydes is 1. The third-order valence-electron chi connectivity index (χ3n) is 2.02. The second-order valence-corrected chi connectivity index (χ2v) is 4.06. The summed E-state index contributed by atoms with van der Waals surface area (Å²) in [4.78, 5) is 14.7. The van der Waals surface area contributed by atoms with Gasteiger partial charge in [-0.2, -0.15) is 0 Å². The number of carbonyl (C=O) groups excluding carboxylic acids is 1. The Bertz CT molecular complexity index is 558. The van der Waals surface area contributed by atoms with Crippen LogP contribution < -0.4 is 4.74 Å². The predicted molar refractivity (Wildman–Crippen MR) is 66.2 cm³/mol. The third-order valence-corrected chi connectivity index (χ3v) is 2.53. The molecule has 0 saturated carbocycles. The SMILES string of the molecule is O=Cc1cccc(Cl)c1Oc1cncc(Cl)c1. The molecule has 86 valence electrons. The Morgan fingerprint density at radius 2 is 2.06 bits per heavy atom.